The summed E-state index contributed by atoms with van der Waals surface area (Å²) < 4.78 is 13.3. The van der Waals surface area contributed by atoms with E-state index in [1.165, 1.54) is 18.2 Å². The van der Waals surface area contributed by atoms with Crippen LogP contribution >= 0.6 is 15.9 Å². The van der Waals surface area contributed by atoms with Gasteiger partial charge >= 0.3 is 5.97 Å². The highest BCUT2D eigenvalue weighted by atomic mass is 79.9. The van der Waals surface area contributed by atoms with Crippen LogP contribution in [0.4, 0.5) is 4.39 Å². The van der Waals surface area contributed by atoms with E-state index in [-0.39, 0.29) is 4.47 Å². The molecule has 1 rings (SSSR count). The lowest BCUT2D eigenvalue weighted by Crippen LogP contribution is -2.29. The van der Waals surface area contributed by atoms with Gasteiger partial charge in [0.2, 0.25) is 0 Å². The maximum absolute atomic E-state index is 13.1. The van der Waals surface area contributed by atoms with Gasteiger partial charge in [0.15, 0.2) is 0 Å². The Morgan fingerprint density at radius 2 is 2.37 bits per heavy atom. The summed E-state index contributed by atoms with van der Waals surface area (Å²) in [4.78, 5) is 13.8. The number of benzene rings is 1. The zero-order chi connectivity index (χ0) is 14.3. The first-order valence-corrected chi connectivity index (χ1v) is 6.27. The Balaban J connectivity index is 2.69. The summed E-state index contributed by atoms with van der Waals surface area (Å²) in [6, 6.07) is 3.12. The van der Waals surface area contributed by atoms with Gasteiger partial charge in [0.1, 0.15) is 11.9 Å². The SMILES string of the molecule is [N-]=[N+]=NCCCNC(C(=O)O)c1ccc(F)c(Br)c1. The van der Waals surface area contributed by atoms with E-state index in [0.29, 0.717) is 25.1 Å². The number of nitrogens with one attached hydrogen (secondary N) is 1. The van der Waals surface area contributed by atoms with Crippen LogP contribution in [0.3, 0.4) is 0 Å². The summed E-state index contributed by atoms with van der Waals surface area (Å²) in [5, 5.41) is 15.3. The molecule has 6 nitrogen and oxygen atoms in total. The number of hydrogen-bond acceptors (Lipinski definition) is 3. The summed E-state index contributed by atoms with van der Waals surface area (Å²) in [6.45, 7) is 0.675. The van der Waals surface area contributed by atoms with Crippen LogP contribution < -0.4 is 5.32 Å². The van der Waals surface area contributed by atoms with Gasteiger partial charge in [0.25, 0.3) is 0 Å². The highest BCUT2D eigenvalue weighted by molar-refractivity contribution is 9.10. The Kier molecular flexibility index (Phi) is 6.27. The van der Waals surface area contributed by atoms with Crippen molar-refractivity contribution < 1.29 is 14.3 Å². The molecule has 2 N–H and O–H groups in total. The lowest BCUT2D eigenvalue weighted by molar-refractivity contribution is -0.139. The first kappa shape index (κ1) is 15.4. The van der Waals surface area contributed by atoms with Crippen molar-refractivity contribution in [2.45, 2.75) is 12.5 Å². The summed E-state index contributed by atoms with van der Waals surface area (Å²) >= 11 is 3.01. The second-order valence-electron chi connectivity index (χ2n) is 3.71. The van der Waals surface area contributed by atoms with E-state index in [1.54, 1.807) is 0 Å². The molecule has 0 spiro atoms. The Labute approximate surface area is 117 Å². The Hall–Kier alpha value is -1.63. The van der Waals surface area contributed by atoms with Gasteiger partial charge in [-0.3, -0.25) is 4.79 Å². The third kappa shape index (κ3) is 4.86. The quantitative estimate of drug-likeness (QED) is 0.348. The molecule has 0 bridgehead atoms. The largest absolute Gasteiger partial charge is 0.480 e. The van der Waals surface area contributed by atoms with Gasteiger partial charge in [-0.1, -0.05) is 11.2 Å². The lowest BCUT2D eigenvalue weighted by atomic mass is 10.1. The minimum atomic E-state index is -1.05. The van der Waals surface area contributed by atoms with Gasteiger partial charge in [-0.25, -0.2) is 4.39 Å². The molecule has 0 aliphatic heterocycles. The third-order valence-electron chi connectivity index (χ3n) is 2.37. The molecule has 0 radical (unpaired) electrons. The molecule has 1 atom stereocenters. The zero-order valence-corrected chi connectivity index (χ0v) is 11.5. The zero-order valence-electron chi connectivity index (χ0n) is 9.88. The third-order valence-corrected chi connectivity index (χ3v) is 2.98. The molecular formula is C11H12BrFN4O2. The number of hydrogen-bond donors (Lipinski definition) is 2. The summed E-state index contributed by atoms with van der Waals surface area (Å²) in [6.07, 6.45) is 0.524. The molecule has 8 heteroatoms. The van der Waals surface area contributed by atoms with Crippen molar-refractivity contribution >= 4 is 21.9 Å². The molecule has 19 heavy (non-hydrogen) atoms. The van der Waals surface area contributed by atoms with Crippen LogP contribution in [0.25, 0.3) is 10.4 Å². The molecular weight excluding hydrogens is 319 g/mol. The van der Waals surface area contributed by atoms with Crippen LogP contribution in [0.5, 0.6) is 0 Å². The molecule has 0 saturated heterocycles. The number of nitrogens with zero attached hydrogens (tertiary/aromatic N) is 3. The monoisotopic (exact) mass is 330 g/mol. The van der Waals surface area contributed by atoms with E-state index in [0.717, 1.165) is 0 Å². The Bertz CT molecular complexity index is 505. The maximum Gasteiger partial charge on any atom is 0.325 e. The predicted molar refractivity (Wildman–Crippen MR) is 71.1 cm³/mol. The van der Waals surface area contributed by atoms with Crippen molar-refractivity contribution in [3.63, 3.8) is 0 Å². The van der Waals surface area contributed by atoms with Gasteiger partial charge in [-0.05, 0) is 52.1 Å². The number of halogens is 2. The van der Waals surface area contributed by atoms with Crippen molar-refractivity contribution in [2.24, 2.45) is 5.11 Å². The molecule has 0 aliphatic carbocycles. The summed E-state index contributed by atoms with van der Waals surface area (Å²) in [5.41, 5.74) is 8.55. The first-order valence-electron chi connectivity index (χ1n) is 5.48. The molecule has 1 unspecified atom stereocenters. The number of carbonyl (C=O) groups is 1. The topological polar surface area (TPSA) is 98.1 Å². The van der Waals surface area contributed by atoms with Crippen LogP contribution in [-0.2, 0) is 4.79 Å². The average Bonchev–Trinajstić information content (AvgIpc) is 2.37. The van der Waals surface area contributed by atoms with Gasteiger partial charge in [0, 0.05) is 11.5 Å². The number of azide groups is 1. The fourth-order valence-corrected chi connectivity index (χ4v) is 1.88. The highest BCUT2D eigenvalue weighted by Crippen LogP contribution is 2.21. The van der Waals surface area contributed by atoms with Gasteiger partial charge in [-0.15, -0.1) is 0 Å². The van der Waals surface area contributed by atoms with E-state index in [1.807, 2.05) is 0 Å². The van der Waals surface area contributed by atoms with Crippen molar-refractivity contribution in [2.75, 3.05) is 13.1 Å². The van der Waals surface area contributed by atoms with Crippen LogP contribution in [0.15, 0.2) is 27.8 Å². The minimum Gasteiger partial charge on any atom is -0.480 e. The molecule has 0 aromatic heterocycles. The van der Waals surface area contributed by atoms with Crippen molar-refractivity contribution in [1.29, 1.82) is 0 Å². The van der Waals surface area contributed by atoms with Gasteiger partial charge < -0.3 is 10.4 Å². The van der Waals surface area contributed by atoms with E-state index in [9.17, 15) is 9.18 Å². The number of carboxylic acid groups (broad SMARTS) is 1. The van der Waals surface area contributed by atoms with Crippen LogP contribution in [-0.4, -0.2) is 24.2 Å². The molecule has 102 valence electrons. The number of aliphatic carboxylic acids is 1. The summed E-state index contributed by atoms with van der Waals surface area (Å²) in [5.74, 6) is -1.50. The molecule has 0 aliphatic rings. The summed E-state index contributed by atoms with van der Waals surface area (Å²) in [7, 11) is 0. The van der Waals surface area contributed by atoms with Crippen LogP contribution in [0.1, 0.15) is 18.0 Å². The van der Waals surface area contributed by atoms with Crippen molar-refractivity contribution in [1.82, 2.24) is 5.32 Å². The second-order valence-corrected chi connectivity index (χ2v) is 4.56. The van der Waals surface area contributed by atoms with E-state index < -0.39 is 17.8 Å². The predicted octanol–water partition coefficient (Wildman–Crippen LogP) is 3.00. The average molecular weight is 331 g/mol. The highest BCUT2D eigenvalue weighted by Gasteiger charge is 2.19. The van der Waals surface area contributed by atoms with E-state index in [4.69, 9.17) is 10.6 Å². The van der Waals surface area contributed by atoms with Crippen molar-refractivity contribution in [3.8, 4) is 0 Å². The molecule has 0 saturated carbocycles. The maximum atomic E-state index is 13.1. The first-order chi connectivity index (χ1) is 9.06. The molecule has 1 aromatic rings. The van der Waals surface area contributed by atoms with E-state index in [2.05, 4.69) is 31.3 Å². The minimum absolute atomic E-state index is 0.215. The Morgan fingerprint density at radius 3 is 2.95 bits per heavy atom. The van der Waals surface area contributed by atoms with Gasteiger partial charge in [0.05, 0.1) is 4.47 Å². The fourth-order valence-electron chi connectivity index (χ4n) is 1.48. The molecule has 0 fully saturated rings. The lowest BCUT2D eigenvalue weighted by Gasteiger charge is -2.15. The number of rotatable bonds is 7. The normalized spacial score (nSPS) is 11.7. The fraction of sp³-hybridized carbons (Fsp3) is 0.364. The molecule has 1 aromatic carbocycles. The standard InChI is InChI=1S/C11H12BrFN4O2/c12-8-6-7(2-3-9(8)13)10(11(18)19)15-4-1-5-16-17-14/h2-3,6,10,15H,1,4-5H2,(H,18,19). The van der Waals surface area contributed by atoms with E-state index >= 15 is 0 Å². The molecule has 0 heterocycles. The van der Waals surface area contributed by atoms with Gasteiger partial charge in [-0.2, -0.15) is 0 Å². The molecule has 0 amide bonds. The number of carboxylic acids is 1. The van der Waals surface area contributed by atoms with Crippen LogP contribution in [0, 0.1) is 5.82 Å². The smallest absolute Gasteiger partial charge is 0.325 e. The Morgan fingerprint density at radius 1 is 1.63 bits per heavy atom. The second kappa shape index (κ2) is 7.73. The van der Waals surface area contributed by atoms with Crippen LogP contribution in [0.2, 0.25) is 0 Å². The van der Waals surface area contributed by atoms with Crippen molar-refractivity contribution in [3.05, 3.63) is 44.5 Å².